The number of halogens is 2. The Balaban J connectivity index is 2.38. The zero-order valence-corrected chi connectivity index (χ0v) is 10.0. The minimum absolute atomic E-state index is 0.143. The molecule has 0 saturated carbocycles. The normalized spacial score (nSPS) is 10.3. The Labute approximate surface area is 99.6 Å². The van der Waals surface area contributed by atoms with Crippen LogP contribution in [0.25, 0.3) is 0 Å². The SMILES string of the molecule is CC(=O)CNCCc1ccc(Cl)c(Cl)c1. The van der Waals surface area contributed by atoms with E-state index in [9.17, 15) is 4.79 Å². The highest BCUT2D eigenvalue weighted by Crippen LogP contribution is 2.22. The Morgan fingerprint density at radius 3 is 2.67 bits per heavy atom. The van der Waals surface area contributed by atoms with Crippen molar-refractivity contribution in [3.63, 3.8) is 0 Å². The molecule has 15 heavy (non-hydrogen) atoms. The Bertz CT molecular complexity index is 352. The van der Waals surface area contributed by atoms with Gasteiger partial charge in [0.05, 0.1) is 16.6 Å². The summed E-state index contributed by atoms with van der Waals surface area (Å²) in [5.41, 5.74) is 1.11. The highest BCUT2D eigenvalue weighted by Gasteiger charge is 1.99. The molecule has 0 saturated heterocycles. The molecule has 0 amide bonds. The quantitative estimate of drug-likeness (QED) is 0.809. The van der Waals surface area contributed by atoms with Gasteiger partial charge in [-0.15, -0.1) is 0 Å². The first kappa shape index (κ1) is 12.5. The lowest BCUT2D eigenvalue weighted by atomic mass is 10.1. The average Bonchev–Trinajstić information content (AvgIpc) is 2.18. The van der Waals surface area contributed by atoms with Gasteiger partial charge in [-0.1, -0.05) is 29.3 Å². The number of ketones is 1. The Hall–Kier alpha value is -0.570. The van der Waals surface area contributed by atoms with Gasteiger partial charge in [0.1, 0.15) is 5.78 Å². The van der Waals surface area contributed by atoms with E-state index in [-0.39, 0.29) is 5.78 Å². The molecule has 1 aromatic rings. The molecule has 0 heterocycles. The molecule has 0 aliphatic heterocycles. The molecular formula is C11H13Cl2NO. The van der Waals surface area contributed by atoms with Gasteiger partial charge in [-0.3, -0.25) is 4.79 Å². The van der Waals surface area contributed by atoms with E-state index in [1.807, 2.05) is 12.1 Å². The van der Waals surface area contributed by atoms with E-state index in [1.54, 1.807) is 13.0 Å². The predicted octanol–water partition coefficient (Wildman–Crippen LogP) is 2.71. The van der Waals surface area contributed by atoms with Crippen LogP contribution in [0.2, 0.25) is 10.0 Å². The van der Waals surface area contributed by atoms with Gasteiger partial charge in [-0.2, -0.15) is 0 Å². The fourth-order valence-electron chi connectivity index (χ4n) is 1.19. The summed E-state index contributed by atoms with van der Waals surface area (Å²) in [6.07, 6.45) is 0.837. The number of carbonyl (C=O) groups is 1. The standard InChI is InChI=1S/C11H13Cl2NO/c1-8(15)7-14-5-4-9-2-3-10(12)11(13)6-9/h2-3,6,14H,4-5,7H2,1H3. The summed E-state index contributed by atoms with van der Waals surface area (Å²) in [7, 11) is 0. The van der Waals surface area contributed by atoms with E-state index in [1.165, 1.54) is 0 Å². The largest absolute Gasteiger partial charge is 0.310 e. The van der Waals surface area contributed by atoms with E-state index >= 15 is 0 Å². The summed E-state index contributed by atoms with van der Waals surface area (Å²) >= 11 is 11.7. The van der Waals surface area contributed by atoms with Crippen molar-refractivity contribution < 1.29 is 4.79 Å². The molecule has 1 rings (SSSR count). The molecule has 0 spiro atoms. The number of benzene rings is 1. The number of rotatable bonds is 5. The van der Waals surface area contributed by atoms with Crippen LogP contribution in [0.3, 0.4) is 0 Å². The Morgan fingerprint density at radius 1 is 1.33 bits per heavy atom. The van der Waals surface area contributed by atoms with Gasteiger partial charge in [0, 0.05) is 0 Å². The molecule has 1 aromatic carbocycles. The van der Waals surface area contributed by atoms with Crippen LogP contribution < -0.4 is 5.32 Å². The summed E-state index contributed by atoms with van der Waals surface area (Å²) < 4.78 is 0. The maximum absolute atomic E-state index is 10.7. The molecule has 0 radical (unpaired) electrons. The molecule has 2 nitrogen and oxygen atoms in total. The lowest BCUT2D eigenvalue weighted by Crippen LogP contribution is -2.23. The highest BCUT2D eigenvalue weighted by molar-refractivity contribution is 6.42. The van der Waals surface area contributed by atoms with Gasteiger partial charge in [0.15, 0.2) is 0 Å². The van der Waals surface area contributed by atoms with E-state index in [0.29, 0.717) is 16.6 Å². The highest BCUT2D eigenvalue weighted by atomic mass is 35.5. The van der Waals surface area contributed by atoms with Crippen LogP contribution >= 0.6 is 23.2 Å². The van der Waals surface area contributed by atoms with Gasteiger partial charge in [0.25, 0.3) is 0 Å². The van der Waals surface area contributed by atoms with E-state index < -0.39 is 0 Å². The van der Waals surface area contributed by atoms with Crippen molar-refractivity contribution in [2.45, 2.75) is 13.3 Å². The van der Waals surface area contributed by atoms with Crippen LogP contribution in [0.1, 0.15) is 12.5 Å². The third-order valence-corrected chi connectivity index (χ3v) is 2.69. The second-order valence-corrected chi connectivity index (χ2v) is 4.19. The summed E-state index contributed by atoms with van der Waals surface area (Å²) in [5, 5.41) is 4.18. The lowest BCUT2D eigenvalue weighted by Gasteiger charge is -2.04. The molecule has 0 unspecified atom stereocenters. The fraction of sp³-hybridized carbons (Fsp3) is 0.364. The van der Waals surface area contributed by atoms with Crippen LogP contribution in [0.4, 0.5) is 0 Å². The predicted molar refractivity (Wildman–Crippen MR) is 63.7 cm³/mol. The second kappa shape index (κ2) is 6.11. The monoisotopic (exact) mass is 245 g/mol. The number of Topliss-reactive ketones (excluding diaryl/α,β-unsaturated/α-hetero) is 1. The zero-order chi connectivity index (χ0) is 11.3. The van der Waals surface area contributed by atoms with Gasteiger partial charge >= 0.3 is 0 Å². The summed E-state index contributed by atoms with van der Waals surface area (Å²) in [6, 6.07) is 5.56. The first-order valence-corrected chi connectivity index (χ1v) is 5.49. The number of carbonyl (C=O) groups excluding carboxylic acids is 1. The maximum Gasteiger partial charge on any atom is 0.143 e. The fourth-order valence-corrected chi connectivity index (χ4v) is 1.51. The van der Waals surface area contributed by atoms with Crippen LogP contribution in [-0.2, 0) is 11.2 Å². The van der Waals surface area contributed by atoms with Gasteiger partial charge < -0.3 is 5.32 Å². The third-order valence-electron chi connectivity index (χ3n) is 1.95. The first-order valence-electron chi connectivity index (χ1n) is 4.73. The lowest BCUT2D eigenvalue weighted by molar-refractivity contribution is -0.116. The molecule has 0 bridgehead atoms. The Kier molecular flexibility index (Phi) is 5.09. The molecular weight excluding hydrogens is 233 g/mol. The van der Waals surface area contributed by atoms with E-state index in [2.05, 4.69) is 5.32 Å². The summed E-state index contributed by atoms with van der Waals surface area (Å²) in [6.45, 7) is 2.74. The van der Waals surface area contributed by atoms with Crippen LogP contribution in [0, 0.1) is 0 Å². The van der Waals surface area contributed by atoms with Crippen molar-refractivity contribution in [1.29, 1.82) is 0 Å². The van der Waals surface area contributed by atoms with Crippen molar-refractivity contribution in [3.05, 3.63) is 33.8 Å². The molecule has 4 heteroatoms. The molecule has 0 fully saturated rings. The van der Waals surface area contributed by atoms with Crippen molar-refractivity contribution in [3.8, 4) is 0 Å². The summed E-state index contributed by atoms with van der Waals surface area (Å²) in [5.74, 6) is 0.143. The van der Waals surface area contributed by atoms with Crippen molar-refractivity contribution >= 4 is 29.0 Å². The summed E-state index contributed by atoms with van der Waals surface area (Å²) in [4.78, 5) is 10.7. The molecule has 0 aromatic heterocycles. The van der Waals surface area contributed by atoms with Gasteiger partial charge in [-0.05, 0) is 37.6 Å². The van der Waals surface area contributed by atoms with Gasteiger partial charge in [-0.25, -0.2) is 0 Å². The zero-order valence-electron chi connectivity index (χ0n) is 8.52. The van der Waals surface area contributed by atoms with E-state index in [0.717, 1.165) is 18.5 Å². The molecule has 0 aliphatic carbocycles. The topological polar surface area (TPSA) is 29.1 Å². The van der Waals surface area contributed by atoms with Crippen molar-refractivity contribution in [2.24, 2.45) is 0 Å². The molecule has 0 atom stereocenters. The minimum Gasteiger partial charge on any atom is -0.310 e. The molecule has 1 N–H and O–H groups in total. The second-order valence-electron chi connectivity index (χ2n) is 3.38. The third kappa shape index (κ3) is 4.65. The number of hydrogen-bond donors (Lipinski definition) is 1. The van der Waals surface area contributed by atoms with Gasteiger partial charge in [0.2, 0.25) is 0 Å². The number of hydrogen-bond acceptors (Lipinski definition) is 2. The van der Waals surface area contributed by atoms with Crippen LogP contribution in [0.15, 0.2) is 18.2 Å². The van der Waals surface area contributed by atoms with Crippen molar-refractivity contribution in [2.75, 3.05) is 13.1 Å². The van der Waals surface area contributed by atoms with Crippen molar-refractivity contribution in [1.82, 2.24) is 5.32 Å². The maximum atomic E-state index is 10.7. The Morgan fingerprint density at radius 2 is 2.07 bits per heavy atom. The molecule has 82 valence electrons. The van der Waals surface area contributed by atoms with Crippen LogP contribution in [0.5, 0.6) is 0 Å². The average molecular weight is 246 g/mol. The van der Waals surface area contributed by atoms with E-state index in [4.69, 9.17) is 23.2 Å². The number of nitrogens with one attached hydrogen (secondary N) is 1. The molecule has 0 aliphatic rings. The minimum atomic E-state index is 0.143. The smallest absolute Gasteiger partial charge is 0.143 e. The first-order chi connectivity index (χ1) is 7.09. The van der Waals surface area contributed by atoms with Crippen LogP contribution in [-0.4, -0.2) is 18.9 Å².